The van der Waals surface area contributed by atoms with E-state index in [1.165, 1.54) is 18.7 Å². The summed E-state index contributed by atoms with van der Waals surface area (Å²) in [5.74, 6) is 0.181. The van der Waals surface area contributed by atoms with Crippen LogP contribution >= 0.6 is 11.6 Å². The molecular weight excluding hydrogens is 356 g/mol. The highest BCUT2D eigenvalue weighted by atomic mass is 35.5. The van der Waals surface area contributed by atoms with Crippen molar-refractivity contribution in [3.63, 3.8) is 0 Å². The fourth-order valence-electron chi connectivity index (χ4n) is 2.05. The van der Waals surface area contributed by atoms with E-state index in [1.54, 1.807) is 24.3 Å². The van der Waals surface area contributed by atoms with E-state index >= 15 is 0 Å². The smallest absolute Gasteiger partial charge is 0.344 e. The quantitative estimate of drug-likeness (QED) is 0.743. The summed E-state index contributed by atoms with van der Waals surface area (Å²) in [4.78, 5) is 27.8. The maximum atomic E-state index is 12.0. The predicted octanol–water partition coefficient (Wildman–Crippen LogP) is 3.81. The van der Waals surface area contributed by atoms with Gasteiger partial charge in [0.2, 0.25) is 0 Å². The molecule has 1 aromatic carbocycles. The van der Waals surface area contributed by atoms with E-state index in [2.05, 4.69) is 24.1 Å². The number of benzene rings is 1. The van der Waals surface area contributed by atoms with Crippen molar-refractivity contribution in [1.29, 1.82) is 0 Å². The summed E-state index contributed by atoms with van der Waals surface area (Å²) < 4.78 is 10.4. The van der Waals surface area contributed by atoms with Gasteiger partial charge in [0, 0.05) is 6.20 Å². The average Bonchev–Trinajstić information content (AvgIpc) is 2.62. The van der Waals surface area contributed by atoms with Gasteiger partial charge in [-0.05, 0) is 42.7 Å². The lowest BCUT2D eigenvalue weighted by Crippen LogP contribution is -2.31. The van der Waals surface area contributed by atoms with Crippen LogP contribution in [0.1, 0.15) is 32.3 Å². The molecule has 1 N–H and O–H groups in total. The number of nitrogens with zero attached hydrogens (tertiary/aromatic N) is 1. The maximum absolute atomic E-state index is 12.0. The number of hydrogen-bond acceptors (Lipinski definition) is 5. The van der Waals surface area contributed by atoms with Crippen molar-refractivity contribution in [2.75, 3.05) is 11.9 Å². The molecule has 0 aliphatic heterocycles. The first-order valence-corrected chi connectivity index (χ1v) is 8.57. The van der Waals surface area contributed by atoms with E-state index in [0.29, 0.717) is 22.5 Å². The molecule has 138 valence electrons. The third-order valence-electron chi connectivity index (χ3n) is 3.56. The topological polar surface area (TPSA) is 77.5 Å². The van der Waals surface area contributed by atoms with Crippen LogP contribution in [0.15, 0.2) is 42.6 Å². The Bertz CT molecular complexity index is 745. The van der Waals surface area contributed by atoms with Gasteiger partial charge in [-0.2, -0.15) is 0 Å². The summed E-state index contributed by atoms with van der Waals surface area (Å²) in [5.41, 5.74) is 1.18. The van der Waals surface area contributed by atoms with Gasteiger partial charge in [0.25, 0.3) is 5.91 Å². The normalized spacial score (nSPS) is 11.7. The van der Waals surface area contributed by atoms with Gasteiger partial charge in [-0.3, -0.25) is 4.79 Å². The maximum Gasteiger partial charge on any atom is 0.344 e. The largest absolute Gasteiger partial charge is 0.482 e. The number of nitrogens with one attached hydrogen (secondary N) is 1. The van der Waals surface area contributed by atoms with E-state index in [1.807, 2.05) is 12.1 Å². The first-order valence-electron chi connectivity index (χ1n) is 8.20. The van der Waals surface area contributed by atoms with Crippen LogP contribution in [0.5, 0.6) is 5.75 Å². The van der Waals surface area contributed by atoms with Crippen molar-refractivity contribution >= 4 is 29.3 Å². The van der Waals surface area contributed by atoms with Gasteiger partial charge in [-0.25, -0.2) is 9.78 Å². The molecule has 0 saturated heterocycles. The number of carbonyl (C=O) groups is 2. The SMILES string of the molecule is CC(C)c1ccc(OCC(=O)O[C@@H](C)C(=O)Nc2ccc(Cl)cn2)cc1. The molecule has 0 radical (unpaired) electrons. The molecule has 0 aliphatic rings. The molecule has 0 bridgehead atoms. The van der Waals surface area contributed by atoms with Crippen molar-refractivity contribution in [1.82, 2.24) is 4.98 Å². The average molecular weight is 377 g/mol. The third-order valence-corrected chi connectivity index (χ3v) is 3.78. The Balaban J connectivity index is 1.78. The molecule has 1 aromatic heterocycles. The number of esters is 1. The van der Waals surface area contributed by atoms with E-state index in [4.69, 9.17) is 21.1 Å². The molecule has 0 fully saturated rings. The highest BCUT2D eigenvalue weighted by Crippen LogP contribution is 2.18. The first-order chi connectivity index (χ1) is 12.3. The zero-order chi connectivity index (χ0) is 19.1. The summed E-state index contributed by atoms with van der Waals surface area (Å²) in [6.07, 6.45) is 0.429. The number of hydrogen-bond donors (Lipinski definition) is 1. The number of halogens is 1. The van der Waals surface area contributed by atoms with Gasteiger partial charge in [0.15, 0.2) is 12.7 Å². The number of anilines is 1. The van der Waals surface area contributed by atoms with Crippen LogP contribution in [0, 0.1) is 0 Å². The molecule has 6 nitrogen and oxygen atoms in total. The molecule has 2 rings (SSSR count). The number of aromatic nitrogens is 1. The van der Waals surface area contributed by atoms with Gasteiger partial charge >= 0.3 is 5.97 Å². The van der Waals surface area contributed by atoms with Crippen molar-refractivity contribution in [2.24, 2.45) is 0 Å². The van der Waals surface area contributed by atoms with E-state index < -0.39 is 18.0 Å². The van der Waals surface area contributed by atoms with Crippen molar-refractivity contribution in [3.8, 4) is 5.75 Å². The van der Waals surface area contributed by atoms with Crippen molar-refractivity contribution < 1.29 is 19.1 Å². The standard InChI is InChI=1S/C19H21ClN2O4/c1-12(2)14-4-7-16(8-5-14)25-11-18(23)26-13(3)19(24)22-17-9-6-15(20)10-21-17/h4-10,12-13H,11H2,1-3H3,(H,21,22,24)/t13-/m0/s1. The molecule has 26 heavy (non-hydrogen) atoms. The van der Waals surface area contributed by atoms with Crippen LogP contribution in [0.25, 0.3) is 0 Å². The molecule has 1 heterocycles. The zero-order valence-electron chi connectivity index (χ0n) is 14.9. The minimum Gasteiger partial charge on any atom is -0.482 e. The zero-order valence-corrected chi connectivity index (χ0v) is 15.6. The fourth-order valence-corrected chi connectivity index (χ4v) is 2.17. The first kappa shape index (κ1) is 19.7. The molecule has 0 aliphatic carbocycles. The monoisotopic (exact) mass is 376 g/mol. The number of ether oxygens (including phenoxy) is 2. The Labute approximate surface area is 157 Å². The lowest BCUT2D eigenvalue weighted by molar-refractivity contribution is -0.155. The number of carbonyl (C=O) groups excluding carboxylic acids is 2. The van der Waals surface area contributed by atoms with Gasteiger partial charge < -0.3 is 14.8 Å². The van der Waals surface area contributed by atoms with Crippen LogP contribution in [0.2, 0.25) is 5.02 Å². The molecule has 1 atom stereocenters. The molecule has 7 heteroatoms. The Hall–Kier alpha value is -2.60. The van der Waals surface area contributed by atoms with E-state index in [-0.39, 0.29) is 6.61 Å². The van der Waals surface area contributed by atoms with Gasteiger partial charge in [0.05, 0.1) is 5.02 Å². The van der Waals surface area contributed by atoms with Crippen LogP contribution in [-0.4, -0.2) is 29.6 Å². The minimum absolute atomic E-state index is 0.280. The lowest BCUT2D eigenvalue weighted by Gasteiger charge is -2.14. The summed E-state index contributed by atoms with van der Waals surface area (Å²) in [5, 5.41) is 3.00. The highest BCUT2D eigenvalue weighted by molar-refractivity contribution is 6.30. The molecular formula is C19H21ClN2O4. The molecule has 0 spiro atoms. The van der Waals surface area contributed by atoms with Gasteiger partial charge in [-0.1, -0.05) is 37.6 Å². The summed E-state index contributed by atoms with van der Waals surface area (Å²) in [6, 6.07) is 10.6. The predicted molar refractivity (Wildman–Crippen MR) is 99.5 cm³/mol. The van der Waals surface area contributed by atoms with E-state index in [0.717, 1.165) is 0 Å². The molecule has 2 aromatic rings. The Morgan fingerprint density at radius 1 is 1.12 bits per heavy atom. The molecule has 1 amide bonds. The number of amides is 1. The summed E-state index contributed by atoms with van der Waals surface area (Å²) in [7, 11) is 0. The summed E-state index contributed by atoms with van der Waals surface area (Å²) >= 11 is 5.73. The van der Waals surface area contributed by atoms with Crippen LogP contribution < -0.4 is 10.1 Å². The van der Waals surface area contributed by atoms with Crippen molar-refractivity contribution in [3.05, 3.63) is 53.2 Å². The van der Waals surface area contributed by atoms with Crippen LogP contribution in [0.3, 0.4) is 0 Å². The number of rotatable bonds is 7. The van der Waals surface area contributed by atoms with Gasteiger partial charge in [0.1, 0.15) is 11.6 Å². The highest BCUT2D eigenvalue weighted by Gasteiger charge is 2.18. The van der Waals surface area contributed by atoms with Crippen LogP contribution in [-0.2, 0) is 14.3 Å². The number of pyridine rings is 1. The Morgan fingerprint density at radius 2 is 1.81 bits per heavy atom. The Kier molecular flexibility index (Phi) is 6.97. The van der Waals surface area contributed by atoms with Crippen LogP contribution in [0.4, 0.5) is 5.82 Å². The van der Waals surface area contributed by atoms with Crippen molar-refractivity contribution in [2.45, 2.75) is 32.8 Å². The molecule has 0 unspecified atom stereocenters. The fraction of sp³-hybridized carbons (Fsp3) is 0.316. The van der Waals surface area contributed by atoms with Gasteiger partial charge in [-0.15, -0.1) is 0 Å². The second-order valence-electron chi connectivity index (χ2n) is 6.00. The minimum atomic E-state index is -0.980. The molecule has 0 saturated carbocycles. The Morgan fingerprint density at radius 3 is 2.38 bits per heavy atom. The summed E-state index contributed by atoms with van der Waals surface area (Å²) in [6.45, 7) is 5.39. The lowest BCUT2D eigenvalue weighted by atomic mass is 10.0. The van der Waals surface area contributed by atoms with E-state index in [9.17, 15) is 9.59 Å². The third kappa shape index (κ3) is 6.04. The second kappa shape index (κ2) is 9.20. The second-order valence-corrected chi connectivity index (χ2v) is 6.43.